The Balaban J connectivity index is 0.000000115. The van der Waals surface area contributed by atoms with E-state index in [9.17, 15) is 0 Å². The molecule has 0 saturated carbocycles. The molecule has 0 unspecified atom stereocenters. The molecule has 0 radical (unpaired) electrons. The van der Waals surface area contributed by atoms with Crippen molar-refractivity contribution in [3.8, 4) is 28.0 Å². The third kappa shape index (κ3) is 10.1. The number of para-hydroxylation sites is 2. The van der Waals surface area contributed by atoms with Crippen LogP contribution in [0.3, 0.4) is 0 Å². The second-order valence-corrected chi connectivity index (χ2v) is 20.2. The molecule has 12 aromatic carbocycles. The maximum atomic E-state index is 6.10. The fraction of sp³-hybridized carbons (Fsp3) is 0.0141. The predicted molar refractivity (Wildman–Crippen MR) is 331 cm³/mol. The molecule has 15 rings (SSSR count). The average molecular weight is 1030 g/mol. The second kappa shape index (κ2) is 21.3. The number of fused-ring (bicyclic) bond motifs is 10. The Labute approximate surface area is 455 Å². The Morgan fingerprint density at radius 3 is 1.46 bits per heavy atom. The molecule has 15 aromatic rings. The van der Waals surface area contributed by atoms with E-state index in [0.717, 1.165) is 83.8 Å². The summed E-state index contributed by atoms with van der Waals surface area (Å²) in [6.45, 7) is 0. The highest BCUT2D eigenvalue weighted by atomic mass is 32.1. The van der Waals surface area contributed by atoms with E-state index in [4.69, 9.17) is 13.6 Å². The van der Waals surface area contributed by atoms with Crippen molar-refractivity contribution in [1.82, 2.24) is 0 Å². The SMILES string of the molecule is COc1ccc(Nc2ccc(-c3ccccc3)cc2)cc1.c1ccc(Nc2ccc3c(c2)oc2cc4ccccc4cc23)cc1.c1ccc2c(c1)oc1ccc(Nc3ccc(-c4ccc5c(c4)sc4ccccc45)cc3)cc12. The van der Waals surface area contributed by atoms with Gasteiger partial charge in [-0.25, -0.2) is 0 Å². The van der Waals surface area contributed by atoms with E-state index >= 15 is 0 Å². The van der Waals surface area contributed by atoms with Gasteiger partial charge < -0.3 is 29.5 Å². The summed E-state index contributed by atoms with van der Waals surface area (Å²) in [7, 11) is 1.67. The average Bonchev–Trinajstić information content (AvgIpc) is 4.27. The molecular formula is C71H51N3O3S. The Morgan fingerprint density at radius 1 is 0.282 bits per heavy atom. The Bertz CT molecular complexity index is 4550. The number of hydrogen-bond donors (Lipinski definition) is 3. The molecule has 3 aromatic heterocycles. The number of nitrogens with one attached hydrogen (secondary N) is 3. The van der Waals surface area contributed by atoms with Gasteiger partial charge in [-0.3, -0.25) is 0 Å². The quantitative estimate of drug-likeness (QED) is 0.134. The van der Waals surface area contributed by atoms with Gasteiger partial charge in [-0.2, -0.15) is 0 Å². The Morgan fingerprint density at radius 2 is 0.731 bits per heavy atom. The Kier molecular flexibility index (Phi) is 13.0. The molecule has 0 bridgehead atoms. The zero-order valence-corrected chi connectivity index (χ0v) is 43.4. The van der Waals surface area contributed by atoms with Gasteiger partial charge >= 0.3 is 0 Å². The van der Waals surface area contributed by atoms with Gasteiger partial charge in [-0.15, -0.1) is 11.3 Å². The van der Waals surface area contributed by atoms with Gasteiger partial charge in [0.25, 0.3) is 0 Å². The number of rotatable bonds is 9. The molecule has 374 valence electrons. The molecule has 3 N–H and O–H groups in total. The third-order valence-electron chi connectivity index (χ3n) is 14.0. The van der Waals surface area contributed by atoms with Crippen LogP contribution < -0.4 is 20.7 Å². The van der Waals surface area contributed by atoms with Crippen LogP contribution in [0.25, 0.3) is 97.1 Å². The molecule has 0 fully saturated rings. The van der Waals surface area contributed by atoms with Crippen molar-refractivity contribution in [3.63, 3.8) is 0 Å². The summed E-state index contributed by atoms with van der Waals surface area (Å²) in [5.41, 5.74) is 14.9. The highest BCUT2D eigenvalue weighted by molar-refractivity contribution is 7.25. The lowest BCUT2D eigenvalue weighted by Crippen LogP contribution is -1.90. The van der Waals surface area contributed by atoms with E-state index in [-0.39, 0.29) is 0 Å². The topological polar surface area (TPSA) is 71.6 Å². The molecule has 0 aliphatic heterocycles. The molecule has 0 aliphatic carbocycles. The highest BCUT2D eigenvalue weighted by Gasteiger charge is 2.12. The molecule has 78 heavy (non-hydrogen) atoms. The summed E-state index contributed by atoms with van der Waals surface area (Å²) in [6, 6.07) is 94.3. The van der Waals surface area contributed by atoms with Gasteiger partial charge in [0.15, 0.2) is 0 Å². The zero-order valence-electron chi connectivity index (χ0n) is 42.6. The van der Waals surface area contributed by atoms with Gasteiger partial charge in [-0.1, -0.05) is 146 Å². The van der Waals surface area contributed by atoms with Crippen LogP contribution in [0.4, 0.5) is 34.1 Å². The summed E-state index contributed by atoms with van der Waals surface area (Å²) >= 11 is 1.86. The molecule has 6 nitrogen and oxygen atoms in total. The standard InChI is InChI=1S/C30H19NOS.C22H15NO.C19H17NO/c1-3-7-27-23(5-1)26-18-22(14-16-28(26)32-27)31-21-12-9-19(10-13-21)20-11-15-25-24-6-2-4-8-29(24)33-30(25)17-20;1-2-8-17(9-3-1)23-18-10-11-19-20-12-15-6-4-5-7-16(15)13-21(20)24-22(19)14-18;1-21-19-13-11-18(12-14-19)20-17-9-7-16(8-10-17)15-5-3-2-4-6-15/h1-18,31H;1-14,23H;2-14,20H,1H3. The summed E-state index contributed by atoms with van der Waals surface area (Å²) < 4.78 is 19.9. The molecule has 7 heteroatoms. The second-order valence-electron chi connectivity index (χ2n) is 19.1. The van der Waals surface area contributed by atoms with Crippen LogP contribution in [-0.2, 0) is 0 Å². The molecule has 3 heterocycles. The van der Waals surface area contributed by atoms with Crippen molar-refractivity contribution in [2.45, 2.75) is 0 Å². The number of furan rings is 2. The molecule has 0 amide bonds. The number of anilines is 6. The van der Waals surface area contributed by atoms with Crippen LogP contribution in [-0.4, -0.2) is 7.11 Å². The fourth-order valence-electron chi connectivity index (χ4n) is 10.1. The van der Waals surface area contributed by atoms with Crippen LogP contribution in [0.15, 0.2) is 282 Å². The minimum atomic E-state index is 0.861. The summed E-state index contributed by atoms with van der Waals surface area (Å²) in [5, 5.41) is 20.0. The summed E-state index contributed by atoms with van der Waals surface area (Å²) in [4.78, 5) is 0. The molecule has 0 spiro atoms. The van der Waals surface area contributed by atoms with E-state index in [1.54, 1.807) is 7.11 Å². The van der Waals surface area contributed by atoms with E-state index in [1.165, 1.54) is 53.2 Å². The van der Waals surface area contributed by atoms with Crippen molar-refractivity contribution in [2.24, 2.45) is 0 Å². The third-order valence-corrected chi connectivity index (χ3v) is 15.2. The smallest absolute Gasteiger partial charge is 0.137 e. The van der Waals surface area contributed by atoms with Crippen molar-refractivity contribution in [3.05, 3.63) is 273 Å². The van der Waals surface area contributed by atoms with Crippen molar-refractivity contribution < 1.29 is 13.6 Å². The lowest BCUT2D eigenvalue weighted by atomic mass is 10.0. The van der Waals surface area contributed by atoms with Crippen molar-refractivity contribution in [1.29, 1.82) is 0 Å². The predicted octanol–water partition coefficient (Wildman–Crippen LogP) is 21.0. The Hall–Kier alpha value is -10.1. The first-order valence-electron chi connectivity index (χ1n) is 26.0. The van der Waals surface area contributed by atoms with Gasteiger partial charge in [0.05, 0.1) is 7.11 Å². The summed E-state index contributed by atoms with van der Waals surface area (Å²) in [5.74, 6) is 0.861. The maximum absolute atomic E-state index is 6.10. The van der Waals surface area contributed by atoms with Crippen LogP contribution >= 0.6 is 11.3 Å². The van der Waals surface area contributed by atoms with E-state index < -0.39 is 0 Å². The van der Waals surface area contributed by atoms with E-state index in [2.05, 4.69) is 216 Å². The number of benzene rings is 12. The maximum Gasteiger partial charge on any atom is 0.137 e. The van der Waals surface area contributed by atoms with Crippen LogP contribution in [0.2, 0.25) is 0 Å². The first-order valence-corrected chi connectivity index (χ1v) is 26.8. The fourth-order valence-corrected chi connectivity index (χ4v) is 11.2. The number of methoxy groups -OCH3 is 1. The van der Waals surface area contributed by atoms with Crippen molar-refractivity contribution >= 4 is 120 Å². The molecule has 0 saturated heterocycles. The first-order chi connectivity index (χ1) is 38.5. The monoisotopic (exact) mass is 1030 g/mol. The van der Waals surface area contributed by atoms with Crippen LogP contribution in [0, 0.1) is 0 Å². The lowest BCUT2D eigenvalue weighted by Gasteiger charge is -2.08. The van der Waals surface area contributed by atoms with Gasteiger partial charge in [-0.05, 0) is 154 Å². The lowest BCUT2D eigenvalue weighted by molar-refractivity contribution is 0.415. The largest absolute Gasteiger partial charge is 0.497 e. The number of ether oxygens (including phenoxy) is 1. The minimum absolute atomic E-state index is 0.861. The molecule has 0 aliphatic rings. The van der Waals surface area contributed by atoms with Gasteiger partial charge in [0.2, 0.25) is 0 Å². The molecule has 0 atom stereocenters. The first kappa shape index (κ1) is 47.6. The van der Waals surface area contributed by atoms with E-state index in [0.29, 0.717) is 0 Å². The zero-order chi connectivity index (χ0) is 52.2. The normalized spacial score (nSPS) is 11.1. The number of hydrogen-bond acceptors (Lipinski definition) is 7. The van der Waals surface area contributed by atoms with Gasteiger partial charge in [0, 0.05) is 81.9 Å². The number of thiophene rings is 1. The van der Waals surface area contributed by atoms with Crippen molar-refractivity contribution in [2.75, 3.05) is 23.1 Å². The molecular weight excluding hydrogens is 975 g/mol. The van der Waals surface area contributed by atoms with Crippen LogP contribution in [0.5, 0.6) is 5.75 Å². The van der Waals surface area contributed by atoms with Gasteiger partial charge in [0.1, 0.15) is 28.1 Å². The van der Waals surface area contributed by atoms with Crippen LogP contribution in [0.1, 0.15) is 0 Å². The summed E-state index contributed by atoms with van der Waals surface area (Å²) in [6.07, 6.45) is 0. The van der Waals surface area contributed by atoms with E-state index in [1.807, 2.05) is 84.1 Å². The highest BCUT2D eigenvalue weighted by Crippen LogP contribution is 2.38. The minimum Gasteiger partial charge on any atom is -0.497 e.